The highest BCUT2D eigenvalue weighted by atomic mass is 35.5. The molecule has 0 amide bonds. The maximum atomic E-state index is 6.13. The van der Waals surface area contributed by atoms with E-state index in [1.165, 1.54) is 11.3 Å². The molecule has 2 aromatic rings. The van der Waals surface area contributed by atoms with Gasteiger partial charge < -0.3 is 4.90 Å². The van der Waals surface area contributed by atoms with Crippen molar-refractivity contribution in [2.45, 2.75) is 6.92 Å². The Kier molecular flexibility index (Phi) is 3.52. The van der Waals surface area contributed by atoms with E-state index in [1.54, 1.807) is 11.8 Å². The number of benzene rings is 2. The van der Waals surface area contributed by atoms with Crippen molar-refractivity contribution in [3.05, 3.63) is 58.6 Å². The van der Waals surface area contributed by atoms with Crippen molar-refractivity contribution in [3.63, 3.8) is 0 Å². The van der Waals surface area contributed by atoms with Crippen LogP contribution in [0.5, 0.6) is 0 Å². The maximum Gasteiger partial charge on any atom is 0.0816 e. The third-order valence-electron chi connectivity index (χ3n) is 3.14. The van der Waals surface area contributed by atoms with Gasteiger partial charge in [-0.3, -0.25) is 0 Å². The van der Waals surface area contributed by atoms with Crippen LogP contribution in [0.3, 0.4) is 0 Å². The molecule has 0 atom stereocenters. The molecule has 4 heteroatoms. The first-order chi connectivity index (χ1) is 9.15. The molecule has 0 bridgehead atoms. The third kappa shape index (κ3) is 2.50. The monoisotopic (exact) mass is 305 g/mol. The molecule has 2 aromatic carbocycles. The minimum absolute atomic E-state index is 0.741. The first kappa shape index (κ1) is 13.0. The summed E-state index contributed by atoms with van der Waals surface area (Å²) in [6.45, 7) is 2.09. The van der Waals surface area contributed by atoms with Gasteiger partial charge in [-0.15, -0.1) is 0 Å². The molecule has 0 radical (unpaired) electrons. The Bertz CT molecular complexity index is 637. The second-order valence-corrected chi connectivity index (χ2v) is 6.54. The molecule has 96 valence electrons. The summed E-state index contributed by atoms with van der Waals surface area (Å²) in [4.78, 5) is 2.25. The zero-order chi connectivity index (χ0) is 13.4. The van der Waals surface area contributed by atoms with E-state index in [9.17, 15) is 0 Å². The average molecular weight is 306 g/mol. The van der Waals surface area contributed by atoms with E-state index in [4.69, 9.17) is 23.8 Å². The zero-order valence-corrected chi connectivity index (χ0v) is 12.8. The number of fused-ring (bicyclic) bond motifs is 1. The van der Waals surface area contributed by atoms with Gasteiger partial charge in [-0.1, -0.05) is 53.3 Å². The molecule has 0 saturated carbocycles. The minimum atomic E-state index is 0.741. The van der Waals surface area contributed by atoms with Gasteiger partial charge in [-0.05, 0) is 37.3 Å². The normalized spacial score (nSPS) is 14.4. The second-order valence-electron chi connectivity index (χ2n) is 4.49. The smallest absolute Gasteiger partial charge is 0.0816 e. The quantitative estimate of drug-likeness (QED) is 0.669. The van der Waals surface area contributed by atoms with Crippen LogP contribution in [0.4, 0.5) is 11.4 Å². The van der Waals surface area contributed by atoms with Crippen molar-refractivity contribution in [2.75, 3.05) is 10.8 Å². The summed E-state index contributed by atoms with van der Waals surface area (Å²) in [5, 5.41) is 0.741. The van der Waals surface area contributed by atoms with Crippen molar-refractivity contribution >= 4 is 51.2 Å². The first-order valence-electron chi connectivity index (χ1n) is 5.96. The van der Waals surface area contributed by atoms with Gasteiger partial charge in [0.1, 0.15) is 0 Å². The molecular weight excluding hydrogens is 294 g/mol. The first-order valence-corrected chi connectivity index (χ1v) is 7.73. The molecule has 1 nitrogen and oxygen atoms in total. The van der Waals surface area contributed by atoms with E-state index in [1.807, 2.05) is 18.2 Å². The van der Waals surface area contributed by atoms with Gasteiger partial charge in [-0.2, -0.15) is 0 Å². The Labute approximate surface area is 127 Å². The number of thioether (sulfide) groups is 1. The molecule has 0 saturated heterocycles. The van der Waals surface area contributed by atoms with Crippen LogP contribution >= 0.6 is 35.6 Å². The lowest BCUT2D eigenvalue weighted by molar-refractivity contribution is 1.16. The molecule has 0 unspecified atom stereocenters. The van der Waals surface area contributed by atoms with E-state index in [0.29, 0.717) is 0 Å². The Hall–Kier alpha value is -1.03. The van der Waals surface area contributed by atoms with Gasteiger partial charge in [0.25, 0.3) is 0 Å². The Morgan fingerprint density at radius 3 is 2.63 bits per heavy atom. The van der Waals surface area contributed by atoms with E-state index >= 15 is 0 Å². The van der Waals surface area contributed by atoms with Crippen molar-refractivity contribution in [1.82, 2.24) is 0 Å². The summed E-state index contributed by atoms with van der Waals surface area (Å²) in [6.07, 6.45) is 0. The van der Waals surface area contributed by atoms with E-state index in [0.717, 1.165) is 26.3 Å². The third-order valence-corrected chi connectivity index (χ3v) is 4.82. The lowest BCUT2D eigenvalue weighted by atomic mass is 10.1. The zero-order valence-electron chi connectivity index (χ0n) is 10.4. The molecule has 3 rings (SSSR count). The van der Waals surface area contributed by atoms with E-state index in [-0.39, 0.29) is 0 Å². The SMILES string of the molecule is Cc1ccc(N2CSC(=S)c3ccc(Cl)cc32)cc1. The fraction of sp³-hybridized carbons (Fsp3) is 0.133. The molecule has 1 aliphatic rings. The number of nitrogens with zero attached hydrogens (tertiary/aromatic N) is 1. The Morgan fingerprint density at radius 2 is 1.89 bits per heavy atom. The van der Waals surface area contributed by atoms with Crippen LogP contribution in [-0.4, -0.2) is 10.1 Å². The van der Waals surface area contributed by atoms with E-state index < -0.39 is 0 Å². The molecule has 1 aliphatic heterocycles. The van der Waals surface area contributed by atoms with Gasteiger partial charge in [0, 0.05) is 16.3 Å². The number of hydrogen-bond acceptors (Lipinski definition) is 3. The largest absolute Gasteiger partial charge is 0.331 e. The summed E-state index contributed by atoms with van der Waals surface area (Å²) >= 11 is 13.2. The van der Waals surface area contributed by atoms with Crippen molar-refractivity contribution < 1.29 is 0 Å². The topological polar surface area (TPSA) is 3.24 Å². The Morgan fingerprint density at radius 1 is 1.16 bits per heavy atom. The van der Waals surface area contributed by atoms with Crippen LogP contribution in [0.1, 0.15) is 11.1 Å². The number of hydrogen-bond donors (Lipinski definition) is 0. The summed E-state index contributed by atoms with van der Waals surface area (Å²) in [5.41, 5.74) is 4.62. The molecule has 0 spiro atoms. The standard InChI is InChI=1S/C15H12ClNS2/c1-10-2-5-12(6-3-10)17-9-19-15(18)13-7-4-11(16)8-14(13)17/h2-8H,9H2,1H3. The molecule has 0 fully saturated rings. The lowest BCUT2D eigenvalue weighted by Crippen LogP contribution is -2.23. The number of rotatable bonds is 1. The predicted octanol–water partition coefficient (Wildman–Crippen LogP) is 5.17. The van der Waals surface area contributed by atoms with Crippen molar-refractivity contribution in [2.24, 2.45) is 0 Å². The average Bonchev–Trinajstić information content (AvgIpc) is 2.40. The number of aryl methyl sites for hydroxylation is 1. The predicted molar refractivity (Wildman–Crippen MR) is 88.9 cm³/mol. The van der Waals surface area contributed by atoms with Crippen LogP contribution < -0.4 is 4.90 Å². The highest BCUT2D eigenvalue weighted by Crippen LogP contribution is 2.38. The highest BCUT2D eigenvalue weighted by molar-refractivity contribution is 8.23. The van der Waals surface area contributed by atoms with Crippen LogP contribution in [0.15, 0.2) is 42.5 Å². The highest BCUT2D eigenvalue weighted by Gasteiger charge is 2.22. The molecular formula is C15H12ClNS2. The fourth-order valence-corrected chi connectivity index (χ4v) is 3.47. The van der Waals surface area contributed by atoms with Crippen LogP contribution in [0, 0.1) is 6.92 Å². The summed E-state index contributed by atoms with van der Waals surface area (Å²) < 4.78 is 0.940. The molecule has 1 heterocycles. The minimum Gasteiger partial charge on any atom is -0.331 e. The maximum absolute atomic E-state index is 6.13. The van der Waals surface area contributed by atoms with Crippen LogP contribution in [0.2, 0.25) is 5.02 Å². The molecule has 0 aromatic heterocycles. The van der Waals surface area contributed by atoms with Gasteiger partial charge in [0.05, 0.1) is 15.8 Å². The number of anilines is 2. The summed E-state index contributed by atoms with van der Waals surface area (Å²) in [7, 11) is 0. The van der Waals surface area contributed by atoms with Crippen LogP contribution in [0.25, 0.3) is 0 Å². The molecule has 0 N–H and O–H groups in total. The number of thiocarbonyl (C=S) groups is 1. The van der Waals surface area contributed by atoms with Crippen molar-refractivity contribution in [3.8, 4) is 0 Å². The fourth-order valence-electron chi connectivity index (χ4n) is 2.11. The summed E-state index contributed by atoms with van der Waals surface area (Å²) in [5.74, 6) is 0.829. The van der Waals surface area contributed by atoms with Crippen molar-refractivity contribution in [1.29, 1.82) is 0 Å². The van der Waals surface area contributed by atoms with E-state index in [2.05, 4.69) is 36.1 Å². The lowest BCUT2D eigenvalue weighted by Gasteiger charge is -2.31. The van der Waals surface area contributed by atoms with Gasteiger partial charge in [0.15, 0.2) is 0 Å². The second kappa shape index (κ2) is 5.16. The van der Waals surface area contributed by atoms with Gasteiger partial charge in [0.2, 0.25) is 0 Å². The Balaban J connectivity index is 2.10. The molecule has 0 aliphatic carbocycles. The molecule has 19 heavy (non-hydrogen) atoms. The summed E-state index contributed by atoms with van der Waals surface area (Å²) in [6, 6.07) is 14.4. The van der Waals surface area contributed by atoms with Gasteiger partial charge >= 0.3 is 0 Å². The van der Waals surface area contributed by atoms with Crippen LogP contribution in [-0.2, 0) is 0 Å². The van der Waals surface area contributed by atoms with Gasteiger partial charge in [-0.25, -0.2) is 0 Å². The number of halogens is 1.